The van der Waals surface area contributed by atoms with Crippen LogP contribution in [-0.4, -0.2) is 39.5 Å². The van der Waals surface area contributed by atoms with Crippen molar-refractivity contribution in [2.75, 3.05) is 6.54 Å². The van der Waals surface area contributed by atoms with Gasteiger partial charge in [-0.05, 0) is 37.8 Å². The summed E-state index contributed by atoms with van der Waals surface area (Å²) in [4.78, 5) is 27.9. The van der Waals surface area contributed by atoms with E-state index in [1.54, 1.807) is 6.07 Å². The van der Waals surface area contributed by atoms with Crippen LogP contribution in [-0.2, 0) is 11.2 Å². The molecule has 1 saturated heterocycles. The highest BCUT2D eigenvalue weighted by atomic mass is 16.4. The predicted molar refractivity (Wildman–Crippen MR) is 66.5 cm³/mol. The molecule has 5 heteroatoms. The maximum Gasteiger partial charge on any atom is 0.326 e. The zero-order valence-corrected chi connectivity index (χ0v) is 10.5. The number of nitrogens with one attached hydrogen (secondary N) is 1. The van der Waals surface area contributed by atoms with Gasteiger partial charge >= 0.3 is 5.97 Å². The first-order valence-electron chi connectivity index (χ1n) is 6.35. The lowest BCUT2D eigenvalue weighted by atomic mass is 10.0. The average molecular weight is 250 g/mol. The van der Waals surface area contributed by atoms with E-state index in [-0.39, 0.29) is 5.91 Å². The molecule has 1 aliphatic rings. The number of hydrogen-bond donors (Lipinski definition) is 2. The number of aromatic nitrogens is 1. The molecule has 98 valence electrons. The van der Waals surface area contributed by atoms with E-state index in [0.717, 1.165) is 25.0 Å². The summed E-state index contributed by atoms with van der Waals surface area (Å²) in [6, 6.07) is 2.92. The molecule has 1 aliphatic heterocycles. The zero-order valence-electron chi connectivity index (χ0n) is 10.5. The highest BCUT2D eigenvalue weighted by Gasteiger charge is 2.32. The van der Waals surface area contributed by atoms with Crippen LogP contribution >= 0.6 is 0 Å². The monoisotopic (exact) mass is 250 g/mol. The fourth-order valence-electron chi connectivity index (χ4n) is 2.36. The standard InChI is InChI=1S/C13H18N2O3/c1-2-9-6-7-10(14-9)12(16)15-8-4-3-5-11(15)13(17)18/h6-7,11,14H,2-5,8H2,1H3,(H,17,18)/t11-/m1/s1. The van der Waals surface area contributed by atoms with Gasteiger partial charge in [0, 0.05) is 12.2 Å². The third-order valence-corrected chi connectivity index (χ3v) is 3.41. The van der Waals surface area contributed by atoms with Gasteiger partial charge in [-0.3, -0.25) is 4.79 Å². The Labute approximate surface area is 106 Å². The molecule has 0 aliphatic carbocycles. The van der Waals surface area contributed by atoms with Crippen molar-refractivity contribution in [1.29, 1.82) is 0 Å². The molecule has 0 saturated carbocycles. The van der Waals surface area contributed by atoms with Crippen molar-refractivity contribution in [2.24, 2.45) is 0 Å². The Balaban J connectivity index is 2.17. The van der Waals surface area contributed by atoms with Crippen LogP contribution in [0, 0.1) is 0 Å². The van der Waals surface area contributed by atoms with Crippen LogP contribution in [0.1, 0.15) is 42.4 Å². The molecular formula is C13H18N2O3. The Morgan fingerprint density at radius 1 is 1.44 bits per heavy atom. The number of aryl methyl sites for hydroxylation is 1. The van der Waals surface area contributed by atoms with Crippen LogP contribution in [0.4, 0.5) is 0 Å². The van der Waals surface area contributed by atoms with E-state index < -0.39 is 12.0 Å². The minimum absolute atomic E-state index is 0.207. The van der Waals surface area contributed by atoms with Crippen molar-refractivity contribution in [3.63, 3.8) is 0 Å². The molecule has 1 amide bonds. The highest BCUT2D eigenvalue weighted by molar-refractivity contribution is 5.95. The first-order chi connectivity index (χ1) is 8.63. The number of likely N-dealkylation sites (tertiary alicyclic amines) is 1. The molecule has 1 aromatic heterocycles. The summed E-state index contributed by atoms with van der Waals surface area (Å²) in [7, 11) is 0. The molecule has 0 bridgehead atoms. The fraction of sp³-hybridized carbons (Fsp3) is 0.538. The summed E-state index contributed by atoms with van der Waals surface area (Å²) in [5, 5.41) is 9.15. The molecule has 0 unspecified atom stereocenters. The molecule has 1 fully saturated rings. The number of hydrogen-bond acceptors (Lipinski definition) is 2. The summed E-state index contributed by atoms with van der Waals surface area (Å²) in [6.45, 7) is 2.53. The number of carboxylic acid groups (broad SMARTS) is 1. The van der Waals surface area contributed by atoms with E-state index in [9.17, 15) is 9.59 Å². The minimum Gasteiger partial charge on any atom is -0.480 e. The molecule has 1 aromatic rings. The lowest BCUT2D eigenvalue weighted by molar-refractivity contribution is -0.143. The van der Waals surface area contributed by atoms with Gasteiger partial charge in [-0.2, -0.15) is 0 Å². The Bertz CT molecular complexity index is 453. The number of carbonyl (C=O) groups is 2. The molecular weight excluding hydrogens is 232 g/mol. The van der Waals surface area contributed by atoms with Crippen LogP contribution in [0.5, 0.6) is 0 Å². The quantitative estimate of drug-likeness (QED) is 0.856. The summed E-state index contributed by atoms with van der Waals surface area (Å²) in [5.74, 6) is -1.12. The molecule has 2 N–H and O–H groups in total. The zero-order chi connectivity index (χ0) is 13.1. The number of amides is 1. The normalized spacial score (nSPS) is 19.8. The summed E-state index contributed by atoms with van der Waals surface area (Å²) < 4.78 is 0. The number of nitrogens with zero attached hydrogens (tertiary/aromatic N) is 1. The predicted octanol–water partition coefficient (Wildman–Crippen LogP) is 1.66. The smallest absolute Gasteiger partial charge is 0.326 e. The Kier molecular flexibility index (Phi) is 3.69. The third kappa shape index (κ3) is 2.39. The van der Waals surface area contributed by atoms with Gasteiger partial charge in [0.25, 0.3) is 5.91 Å². The van der Waals surface area contributed by atoms with Crippen molar-refractivity contribution in [3.05, 3.63) is 23.5 Å². The van der Waals surface area contributed by atoms with Crippen molar-refractivity contribution >= 4 is 11.9 Å². The van der Waals surface area contributed by atoms with Crippen molar-refractivity contribution in [3.8, 4) is 0 Å². The lowest BCUT2D eigenvalue weighted by Gasteiger charge is -2.32. The molecule has 2 heterocycles. The number of H-pyrrole nitrogens is 1. The molecule has 5 nitrogen and oxygen atoms in total. The van der Waals surface area contributed by atoms with Crippen LogP contribution < -0.4 is 0 Å². The van der Waals surface area contributed by atoms with E-state index in [1.165, 1.54) is 4.90 Å². The van der Waals surface area contributed by atoms with Crippen molar-refractivity contribution in [1.82, 2.24) is 9.88 Å². The topological polar surface area (TPSA) is 73.4 Å². The minimum atomic E-state index is -0.912. The average Bonchev–Trinajstić information content (AvgIpc) is 2.86. The van der Waals surface area contributed by atoms with Gasteiger partial charge in [0.1, 0.15) is 11.7 Å². The summed E-state index contributed by atoms with van der Waals surface area (Å²) in [5.41, 5.74) is 1.47. The molecule has 0 aromatic carbocycles. The summed E-state index contributed by atoms with van der Waals surface area (Å²) >= 11 is 0. The van der Waals surface area contributed by atoms with Gasteiger partial charge in [-0.25, -0.2) is 4.79 Å². The van der Waals surface area contributed by atoms with Gasteiger partial charge in [-0.1, -0.05) is 6.92 Å². The highest BCUT2D eigenvalue weighted by Crippen LogP contribution is 2.19. The lowest BCUT2D eigenvalue weighted by Crippen LogP contribution is -2.48. The molecule has 0 radical (unpaired) electrons. The third-order valence-electron chi connectivity index (χ3n) is 3.41. The van der Waals surface area contributed by atoms with Gasteiger partial charge in [0.2, 0.25) is 0 Å². The Hall–Kier alpha value is -1.78. The number of carboxylic acids is 1. The van der Waals surface area contributed by atoms with Crippen LogP contribution in [0.15, 0.2) is 12.1 Å². The molecule has 2 rings (SSSR count). The maximum absolute atomic E-state index is 12.3. The van der Waals surface area contributed by atoms with E-state index in [1.807, 2.05) is 13.0 Å². The van der Waals surface area contributed by atoms with Gasteiger partial charge in [0.15, 0.2) is 0 Å². The van der Waals surface area contributed by atoms with Crippen LogP contribution in [0.3, 0.4) is 0 Å². The number of piperidine rings is 1. The largest absolute Gasteiger partial charge is 0.480 e. The second kappa shape index (κ2) is 5.25. The van der Waals surface area contributed by atoms with E-state index in [2.05, 4.69) is 4.98 Å². The summed E-state index contributed by atoms with van der Waals surface area (Å²) in [6.07, 6.45) is 3.11. The van der Waals surface area contributed by atoms with Crippen LogP contribution in [0.2, 0.25) is 0 Å². The van der Waals surface area contributed by atoms with E-state index >= 15 is 0 Å². The molecule has 0 spiro atoms. The molecule has 1 atom stereocenters. The fourth-order valence-corrected chi connectivity index (χ4v) is 2.36. The maximum atomic E-state index is 12.3. The number of aromatic amines is 1. The van der Waals surface area contributed by atoms with Crippen molar-refractivity contribution < 1.29 is 14.7 Å². The number of rotatable bonds is 3. The second-order valence-corrected chi connectivity index (χ2v) is 4.60. The number of carbonyl (C=O) groups excluding carboxylic acids is 1. The first kappa shape index (κ1) is 12.7. The van der Waals surface area contributed by atoms with Gasteiger partial charge < -0.3 is 15.0 Å². The SMILES string of the molecule is CCc1ccc(C(=O)N2CCCC[C@@H]2C(=O)O)[nH]1. The Morgan fingerprint density at radius 2 is 2.22 bits per heavy atom. The molecule has 18 heavy (non-hydrogen) atoms. The van der Waals surface area contributed by atoms with E-state index in [4.69, 9.17) is 5.11 Å². The van der Waals surface area contributed by atoms with E-state index in [0.29, 0.717) is 18.7 Å². The first-order valence-corrected chi connectivity index (χ1v) is 6.35. The van der Waals surface area contributed by atoms with Gasteiger partial charge in [-0.15, -0.1) is 0 Å². The number of aliphatic carboxylic acids is 1. The van der Waals surface area contributed by atoms with Crippen molar-refractivity contribution in [2.45, 2.75) is 38.6 Å². The van der Waals surface area contributed by atoms with Gasteiger partial charge in [0.05, 0.1) is 0 Å². The Morgan fingerprint density at radius 3 is 2.83 bits per heavy atom. The van der Waals surface area contributed by atoms with Crippen LogP contribution in [0.25, 0.3) is 0 Å². The second-order valence-electron chi connectivity index (χ2n) is 4.60.